The third-order valence-electron chi connectivity index (χ3n) is 2.67. The summed E-state index contributed by atoms with van der Waals surface area (Å²) in [5.41, 5.74) is 5.95. The van der Waals surface area contributed by atoms with Crippen molar-refractivity contribution in [3.05, 3.63) is 29.8 Å². The van der Waals surface area contributed by atoms with E-state index >= 15 is 0 Å². The molecular weight excluding hydrogens is 284 g/mol. The largest absolute Gasteiger partial charge is 0.389 e. The highest BCUT2D eigenvalue weighted by molar-refractivity contribution is 7.89. The van der Waals surface area contributed by atoms with Gasteiger partial charge in [0.1, 0.15) is 4.99 Å². The molecule has 0 fully saturated rings. The second kappa shape index (κ2) is 6.95. The number of likely N-dealkylation sites (N-methyl/N-ethyl adjacent to an activating group) is 1. The van der Waals surface area contributed by atoms with E-state index in [0.717, 1.165) is 0 Å². The lowest BCUT2D eigenvalue weighted by atomic mass is 10.2. The predicted molar refractivity (Wildman–Crippen MR) is 78.6 cm³/mol. The lowest BCUT2D eigenvalue weighted by Crippen LogP contribution is -2.35. The Labute approximate surface area is 119 Å². The van der Waals surface area contributed by atoms with Crippen LogP contribution in [-0.4, -0.2) is 44.5 Å². The number of thiocarbonyl (C=S) groups is 1. The molecule has 0 bridgehead atoms. The Morgan fingerprint density at radius 2 is 2.05 bits per heavy atom. The van der Waals surface area contributed by atoms with E-state index in [9.17, 15) is 8.42 Å². The Kier molecular flexibility index (Phi) is 5.86. The van der Waals surface area contributed by atoms with Gasteiger partial charge >= 0.3 is 0 Å². The number of rotatable bonds is 7. The average molecular weight is 302 g/mol. The standard InChI is InChI=1S/C12H18N2O3S2/c1-3-14(8-9-17-2)19(15,16)11-7-5-4-6-10(11)12(13)18/h4-7H,3,8-9H2,1-2H3,(H2,13,18). The van der Waals surface area contributed by atoms with Crippen LogP contribution in [0.1, 0.15) is 12.5 Å². The first kappa shape index (κ1) is 16.0. The summed E-state index contributed by atoms with van der Waals surface area (Å²) in [4.78, 5) is 0.211. The number of ether oxygens (including phenoxy) is 1. The van der Waals surface area contributed by atoms with Crippen molar-refractivity contribution in [3.63, 3.8) is 0 Å². The molecule has 0 aliphatic carbocycles. The first-order chi connectivity index (χ1) is 8.95. The summed E-state index contributed by atoms with van der Waals surface area (Å²) in [6, 6.07) is 6.48. The molecule has 1 rings (SSSR count). The maximum Gasteiger partial charge on any atom is 0.243 e. The second-order valence-electron chi connectivity index (χ2n) is 3.85. The van der Waals surface area contributed by atoms with Gasteiger partial charge in [-0.25, -0.2) is 8.42 Å². The number of hydrogen-bond donors (Lipinski definition) is 1. The minimum atomic E-state index is -3.61. The number of sulfonamides is 1. The smallest absolute Gasteiger partial charge is 0.243 e. The SMILES string of the molecule is CCN(CCOC)S(=O)(=O)c1ccccc1C(N)=S. The molecule has 0 heterocycles. The maximum atomic E-state index is 12.5. The van der Waals surface area contributed by atoms with E-state index in [1.54, 1.807) is 25.1 Å². The van der Waals surface area contributed by atoms with Gasteiger partial charge in [-0.2, -0.15) is 4.31 Å². The summed E-state index contributed by atoms with van der Waals surface area (Å²) in [5.74, 6) is 0. The third-order valence-corrected chi connectivity index (χ3v) is 4.92. The zero-order valence-corrected chi connectivity index (χ0v) is 12.6. The molecule has 106 valence electrons. The molecule has 0 spiro atoms. The zero-order chi connectivity index (χ0) is 14.5. The van der Waals surface area contributed by atoms with Gasteiger partial charge in [0, 0.05) is 25.8 Å². The Morgan fingerprint density at radius 3 is 2.58 bits per heavy atom. The number of hydrogen-bond acceptors (Lipinski definition) is 4. The van der Waals surface area contributed by atoms with E-state index in [1.165, 1.54) is 17.5 Å². The molecule has 5 nitrogen and oxygen atoms in total. The molecule has 1 aromatic rings. The summed E-state index contributed by atoms with van der Waals surface area (Å²) in [5, 5.41) is 0. The summed E-state index contributed by atoms with van der Waals surface area (Å²) < 4.78 is 31.4. The number of methoxy groups -OCH3 is 1. The molecule has 0 aromatic heterocycles. The first-order valence-electron chi connectivity index (χ1n) is 5.83. The van der Waals surface area contributed by atoms with Gasteiger partial charge in [0.05, 0.1) is 11.5 Å². The van der Waals surface area contributed by atoms with Crippen LogP contribution in [0.4, 0.5) is 0 Å². The Balaban J connectivity index is 3.22. The minimum Gasteiger partial charge on any atom is -0.389 e. The van der Waals surface area contributed by atoms with E-state index in [1.807, 2.05) is 0 Å². The van der Waals surface area contributed by atoms with Crippen molar-refractivity contribution in [2.75, 3.05) is 26.8 Å². The van der Waals surface area contributed by atoms with Crippen LogP contribution in [0.15, 0.2) is 29.2 Å². The number of nitrogens with two attached hydrogens (primary N) is 1. The highest BCUT2D eigenvalue weighted by atomic mass is 32.2. The van der Waals surface area contributed by atoms with Crippen molar-refractivity contribution < 1.29 is 13.2 Å². The van der Waals surface area contributed by atoms with Crippen molar-refractivity contribution in [3.8, 4) is 0 Å². The first-order valence-corrected chi connectivity index (χ1v) is 7.67. The van der Waals surface area contributed by atoms with Gasteiger partial charge in [-0.05, 0) is 6.07 Å². The maximum absolute atomic E-state index is 12.5. The molecule has 0 aliphatic heterocycles. The van der Waals surface area contributed by atoms with Crippen LogP contribution in [0.3, 0.4) is 0 Å². The van der Waals surface area contributed by atoms with Gasteiger partial charge in [0.15, 0.2) is 0 Å². The predicted octanol–water partition coefficient (Wildman–Crippen LogP) is 0.978. The van der Waals surface area contributed by atoms with E-state index in [4.69, 9.17) is 22.7 Å². The topological polar surface area (TPSA) is 72.6 Å². The zero-order valence-electron chi connectivity index (χ0n) is 11.0. The Morgan fingerprint density at radius 1 is 1.42 bits per heavy atom. The normalized spacial score (nSPS) is 11.7. The van der Waals surface area contributed by atoms with Crippen molar-refractivity contribution >= 4 is 27.2 Å². The van der Waals surface area contributed by atoms with Crippen LogP contribution in [0.2, 0.25) is 0 Å². The minimum absolute atomic E-state index is 0.0713. The lowest BCUT2D eigenvalue weighted by Gasteiger charge is -2.21. The molecule has 0 saturated heterocycles. The highest BCUT2D eigenvalue weighted by Crippen LogP contribution is 2.20. The molecule has 0 atom stereocenters. The monoisotopic (exact) mass is 302 g/mol. The fourth-order valence-electron chi connectivity index (χ4n) is 1.68. The summed E-state index contributed by atoms with van der Waals surface area (Å²) >= 11 is 4.90. The quantitative estimate of drug-likeness (QED) is 0.760. The molecule has 1 aromatic carbocycles. The molecule has 0 saturated carbocycles. The molecule has 2 N–H and O–H groups in total. The highest BCUT2D eigenvalue weighted by Gasteiger charge is 2.25. The fraction of sp³-hybridized carbons (Fsp3) is 0.417. The van der Waals surface area contributed by atoms with Crippen molar-refractivity contribution in [2.24, 2.45) is 5.73 Å². The third kappa shape index (κ3) is 3.73. The van der Waals surface area contributed by atoms with E-state index in [-0.39, 0.29) is 9.88 Å². The molecule has 19 heavy (non-hydrogen) atoms. The van der Waals surface area contributed by atoms with Gasteiger partial charge in [-0.3, -0.25) is 0 Å². The van der Waals surface area contributed by atoms with Crippen LogP contribution < -0.4 is 5.73 Å². The molecule has 0 radical (unpaired) electrons. The summed E-state index contributed by atoms with van der Waals surface area (Å²) in [6.45, 7) is 2.76. The summed E-state index contributed by atoms with van der Waals surface area (Å²) in [6.07, 6.45) is 0. The van der Waals surface area contributed by atoms with Crippen molar-refractivity contribution in [1.82, 2.24) is 4.31 Å². The average Bonchev–Trinajstić information content (AvgIpc) is 2.39. The van der Waals surface area contributed by atoms with Gasteiger partial charge < -0.3 is 10.5 Å². The lowest BCUT2D eigenvalue weighted by molar-refractivity contribution is 0.180. The Hall–Kier alpha value is -1.02. The van der Waals surface area contributed by atoms with Gasteiger partial charge in [0.2, 0.25) is 10.0 Å². The number of benzene rings is 1. The van der Waals surface area contributed by atoms with Crippen LogP contribution in [0.5, 0.6) is 0 Å². The molecule has 0 amide bonds. The van der Waals surface area contributed by atoms with Crippen LogP contribution >= 0.6 is 12.2 Å². The van der Waals surface area contributed by atoms with Gasteiger partial charge in [0.25, 0.3) is 0 Å². The van der Waals surface area contributed by atoms with E-state index in [0.29, 0.717) is 25.3 Å². The molecule has 0 unspecified atom stereocenters. The van der Waals surface area contributed by atoms with Crippen LogP contribution in [0.25, 0.3) is 0 Å². The number of nitrogens with zero attached hydrogens (tertiary/aromatic N) is 1. The second-order valence-corrected chi connectivity index (χ2v) is 6.20. The van der Waals surface area contributed by atoms with Crippen molar-refractivity contribution in [2.45, 2.75) is 11.8 Å². The van der Waals surface area contributed by atoms with Crippen molar-refractivity contribution in [1.29, 1.82) is 0 Å². The van der Waals surface area contributed by atoms with Crippen LogP contribution in [-0.2, 0) is 14.8 Å². The van der Waals surface area contributed by atoms with Gasteiger partial charge in [-0.15, -0.1) is 0 Å². The fourth-order valence-corrected chi connectivity index (χ4v) is 3.56. The molecule has 7 heteroatoms. The van der Waals surface area contributed by atoms with Crippen LogP contribution in [0, 0.1) is 0 Å². The summed E-state index contributed by atoms with van der Waals surface area (Å²) in [7, 11) is -2.08. The van der Waals surface area contributed by atoms with E-state index in [2.05, 4.69) is 0 Å². The molecular formula is C12H18N2O3S2. The van der Waals surface area contributed by atoms with Gasteiger partial charge in [-0.1, -0.05) is 37.3 Å². The molecule has 0 aliphatic rings. The van der Waals surface area contributed by atoms with E-state index < -0.39 is 10.0 Å². The Bertz CT molecular complexity index is 544.